The molecule has 1 aromatic rings. The summed E-state index contributed by atoms with van der Waals surface area (Å²) in [5.41, 5.74) is 0.297. The molecular weight excluding hydrogens is 274 g/mol. The molecule has 0 unspecified atom stereocenters. The highest BCUT2D eigenvalue weighted by molar-refractivity contribution is 9.10. The number of ether oxygens (including phenoxy) is 1. The van der Waals surface area contributed by atoms with Crippen molar-refractivity contribution in [2.45, 2.75) is 6.92 Å². The molecule has 0 aliphatic rings. The second kappa shape index (κ2) is 5.42. The van der Waals surface area contributed by atoms with E-state index >= 15 is 0 Å². The van der Waals surface area contributed by atoms with Crippen molar-refractivity contribution in [2.24, 2.45) is 0 Å². The van der Waals surface area contributed by atoms with Crippen LogP contribution in [-0.2, 0) is 4.74 Å². The predicted octanol–water partition coefficient (Wildman–Crippen LogP) is 2.31. The van der Waals surface area contributed by atoms with Gasteiger partial charge >= 0.3 is 5.97 Å². The lowest BCUT2D eigenvalue weighted by atomic mass is 10.0. The van der Waals surface area contributed by atoms with Gasteiger partial charge in [0.15, 0.2) is 6.29 Å². The maximum absolute atomic E-state index is 11.6. The molecule has 0 aliphatic heterocycles. The number of hydrogen-bond acceptors (Lipinski definition) is 4. The summed E-state index contributed by atoms with van der Waals surface area (Å²) in [5, 5.41) is 8.93. The van der Waals surface area contributed by atoms with E-state index < -0.39 is 5.97 Å². The first-order valence-electron chi connectivity index (χ1n) is 4.50. The van der Waals surface area contributed by atoms with E-state index in [2.05, 4.69) is 15.9 Å². The van der Waals surface area contributed by atoms with Crippen LogP contribution in [0.25, 0.3) is 0 Å². The highest BCUT2D eigenvalue weighted by Crippen LogP contribution is 2.23. The Morgan fingerprint density at radius 1 is 1.62 bits per heavy atom. The Labute approximate surface area is 101 Å². The molecule has 0 heterocycles. The number of aldehydes is 1. The Hall–Kier alpha value is -1.67. The van der Waals surface area contributed by atoms with Crippen LogP contribution in [0.5, 0.6) is 0 Å². The molecule has 5 heteroatoms. The van der Waals surface area contributed by atoms with E-state index in [1.165, 1.54) is 12.1 Å². The molecule has 0 atom stereocenters. The van der Waals surface area contributed by atoms with Gasteiger partial charge in [0.05, 0.1) is 17.7 Å². The average molecular weight is 282 g/mol. The number of carbonyl (C=O) groups is 2. The summed E-state index contributed by atoms with van der Waals surface area (Å²) < 4.78 is 5.25. The Morgan fingerprint density at radius 3 is 2.81 bits per heavy atom. The molecule has 0 aromatic heterocycles. The molecule has 1 rings (SSSR count). The highest BCUT2D eigenvalue weighted by atomic mass is 79.9. The molecule has 0 N–H and O–H groups in total. The fourth-order valence-corrected chi connectivity index (χ4v) is 1.71. The van der Waals surface area contributed by atoms with Crippen molar-refractivity contribution in [1.82, 2.24) is 0 Å². The number of halogens is 1. The van der Waals surface area contributed by atoms with Crippen LogP contribution < -0.4 is 0 Å². The van der Waals surface area contributed by atoms with Gasteiger partial charge in [-0.3, -0.25) is 4.79 Å². The van der Waals surface area contributed by atoms with Gasteiger partial charge in [-0.1, -0.05) is 0 Å². The molecule has 4 nitrogen and oxygen atoms in total. The van der Waals surface area contributed by atoms with E-state index in [1.807, 2.05) is 6.07 Å². The monoisotopic (exact) mass is 281 g/mol. The lowest BCUT2D eigenvalue weighted by Crippen LogP contribution is -2.09. The molecule has 0 bridgehead atoms. The van der Waals surface area contributed by atoms with Crippen LogP contribution in [0.15, 0.2) is 16.6 Å². The molecule has 82 valence electrons. The van der Waals surface area contributed by atoms with Gasteiger partial charge in [-0.25, -0.2) is 4.79 Å². The Bertz CT molecular complexity index is 477. The third-order valence-electron chi connectivity index (χ3n) is 1.91. The van der Waals surface area contributed by atoms with Gasteiger partial charge in [0.1, 0.15) is 6.07 Å². The first-order chi connectivity index (χ1) is 7.65. The van der Waals surface area contributed by atoms with E-state index in [-0.39, 0.29) is 23.3 Å². The van der Waals surface area contributed by atoms with Crippen molar-refractivity contribution >= 4 is 28.2 Å². The molecule has 0 spiro atoms. The minimum absolute atomic E-state index is 0.0304. The summed E-state index contributed by atoms with van der Waals surface area (Å²) in [6.45, 7) is 1.88. The molecule has 0 amide bonds. The Morgan fingerprint density at radius 2 is 2.31 bits per heavy atom. The second-order valence-corrected chi connectivity index (χ2v) is 3.69. The number of carbonyl (C=O) groups excluding carboxylic acids is 2. The summed E-state index contributed by atoms with van der Waals surface area (Å²) in [7, 11) is 0. The normalized spacial score (nSPS) is 9.31. The van der Waals surface area contributed by atoms with Gasteiger partial charge in [-0.15, -0.1) is 0 Å². The summed E-state index contributed by atoms with van der Waals surface area (Å²) in [6, 6.07) is 4.84. The van der Waals surface area contributed by atoms with Crippen LogP contribution in [0.1, 0.15) is 33.2 Å². The van der Waals surface area contributed by atoms with Gasteiger partial charge < -0.3 is 4.74 Å². The number of esters is 1. The first-order valence-corrected chi connectivity index (χ1v) is 5.29. The summed E-state index contributed by atoms with van der Waals surface area (Å²) in [4.78, 5) is 22.3. The molecule has 1 aromatic carbocycles. The van der Waals surface area contributed by atoms with Crippen molar-refractivity contribution in [3.05, 3.63) is 33.3 Å². The third kappa shape index (κ3) is 2.28. The van der Waals surface area contributed by atoms with Crippen LogP contribution in [0.2, 0.25) is 0 Å². The topological polar surface area (TPSA) is 67.2 Å². The van der Waals surface area contributed by atoms with Crippen molar-refractivity contribution in [3.8, 4) is 6.07 Å². The minimum atomic E-state index is -0.616. The first kappa shape index (κ1) is 12.4. The number of nitriles is 1. The average Bonchev–Trinajstić information content (AvgIpc) is 2.28. The van der Waals surface area contributed by atoms with Crippen molar-refractivity contribution in [1.29, 1.82) is 5.26 Å². The standard InChI is InChI=1S/C11H8BrNO3/c1-2-16-11(15)10-8(5-13)7(6-14)3-4-9(10)12/h3-4,6H,2H2,1H3. The minimum Gasteiger partial charge on any atom is -0.462 e. The highest BCUT2D eigenvalue weighted by Gasteiger charge is 2.19. The zero-order valence-electron chi connectivity index (χ0n) is 8.49. The molecule has 0 saturated heterocycles. The van der Waals surface area contributed by atoms with Gasteiger partial charge in [0, 0.05) is 10.0 Å². The van der Waals surface area contributed by atoms with Crippen LogP contribution in [0, 0.1) is 11.3 Å². The molecule has 16 heavy (non-hydrogen) atoms. The summed E-state index contributed by atoms with van der Waals surface area (Å²) in [5.74, 6) is -0.616. The number of rotatable bonds is 3. The maximum atomic E-state index is 11.6. The van der Waals surface area contributed by atoms with Crippen molar-refractivity contribution in [2.75, 3.05) is 6.61 Å². The largest absolute Gasteiger partial charge is 0.462 e. The lowest BCUT2D eigenvalue weighted by molar-refractivity contribution is 0.0525. The third-order valence-corrected chi connectivity index (χ3v) is 2.57. The second-order valence-electron chi connectivity index (χ2n) is 2.84. The number of benzene rings is 1. The van der Waals surface area contributed by atoms with Crippen molar-refractivity contribution < 1.29 is 14.3 Å². The van der Waals surface area contributed by atoms with Crippen LogP contribution in [-0.4, -0.2) is 18.9 Å². The van der Waals surface area contributed by atoms with Crippen molar-refractivity contribution in [3.63, 3.8) is 0 Å². The van der Waals surface area contributed by atoms with Gasteiger partial charge in [-0.2, -0.15) is 5.26 Å². The zero-order chi connectivity index (χ0) is 12.1. The van der Waals surface area contributed by atoms with E-state index in [1.54, 1.807) is 6.92 Å². The number of hydrogen-bond donors (Lipinski definition) is 0. The SMILES string of the molecule is CCOC(=O)c1c(Br)ccc(C=O)c1C#N. The summed E-state index contributed by atoms with van der Waals surface area (Å²) >= 11 is 3.15. The Balaban J connectivity index is 3.41. The predicted molar refractivity (Wildman–Crippen MR) is 60.2 cm³/mol. The van der Waals surface area contributed by atoms with Gasteiger partial charge in [0.25, 0.3) is 0 Å². The van der Waals surface area contributed by atoms with Crippen LogP contribution in [0.3, 0.4) is 0 Å². The van der Waals surface area contributed by atoms with Gasteiger partial charge in [-0.05, 0) is 35.0 Å². The van der Waals surface area contributed by atoms with E-state index in [4.69, 9.17) is 10.00 Å². The van der Waals surface area contributed by atoms with Crippen LogP contribution in [0.4, 0.5) is 0 Å². The molecule has 0 saturated carbocycles. The number of nitrogens with zero attached hydrogens (tertiary/aromatic N) is 1. The Kier molecular flexibility index (Phi) is 4.20. The van der Waals surface area contributed by atoms with E-state index in [0.29, 0.717) is 10.8 Å². The van der Waals surface area contributed by atoms with E-state index in [9.17, 15) is 9.59 Å². The molecule has 0 aliphatic carbocycles. The zero-order valence-corrected chi connectivity index (χ0v) is 10.1. The van der Waals surface area contributed by atoms with E-state index in [0.717, 1.165) is 0 Å². The molecule has 0 fully saturated rings. The molecule has 0 radical (unpaired) electrons. The lowest BCUT2D eigenvalue weighted by Gasteiger charge is -2.07. The smallest absolute Gasteiger partial charge is 0.340 e. The fourth-order valence-electron chi connectivity index (χ4n) is 1.21. The molecular formula is C11H8BrNO3. The fraction of sp³-hybridized carbons (Fsp3) is 0.182. The quantitative estimate of drug-likeness (QED) is 0.630. The van der Waals surface area contributed by atoms with Gasteiger partial charge in [0.2, 0.25) is 0 Å². The summed E-state index contributed by atoms with van der Waals surface area (Å²) in [6.07, 6.45) is 0.535. The van der Waals surface area contributed by atoms with Crippen LogP contribution >= 0.6 is 15.9 Å². The maximum Gasteiger partial charge on any atom is 0.340 e.